The van der Waals surface area contributed by atoms with E-state index < -0.39 is 34.5 Å². The first-order valence-corrected chi connectivity index (χ1v) is 10.6. The van der Waals surface area contributed by atoms with Gasteiger partial charge in [-0.15, -0.1) is 10.7 Å². The highest BCUT2D eigenvalue weighted by Gasteiger charge is 2.15. The molecule has 0 fully saturated rings. The highest BCUT2D eigenvalue weighted by atomic mass is 32.2. The quantitative estimate of drug-likeness (QED) is 0.456. The molecule has 8 heteroatoms. The van der Waals surface area contributed by atoms with Gasteiger partial charge in [0.15, 0.2) is 0 Å². The van der Waals surface area contributed by atoms with Gasteiger partial charge in [0.05, 0.1) is 12.2 Å². The summed E-state index contributed by atoms with van der Waals surface area (Å²) in [6, 6.07) is 12.0. The van der Waals surface area contributed by atoms with Gasteiger partial charge < -0.3 is 4.31 Å². The molecule has 0 saturated heterocycles. The molecule has 1 amide bonds. The van der Waals surface area contributed by atoms with E-state index in [1.165, 1.54) is 17.7 Å². The Labute approximate surface area is 171 Å². The van der Waals surface area contributed by atoms with Crippen LogP contribution < -0.4 is 15.2 Å². The van der Waals surface area contributed by atoms with Crippen LogP contribution >= 0.6 is 10.7 Å². The molecule has 0 spiro atoms. The molecule has 2 N–H and O–H groups in total. The molecule has 0 bridgehead atoms. The monoisotopic (exact) mass is 423 g/mol. The average molecular weight is 424 g/mol. The Hall–Kier alpha value is -2.74. The van der Waals surface area contributed by atoms with Crippen LogP contribution in [0, 0.1) is 5.82 Å². The number of halogens is 3. The lowest BCUT2D eigenvalue weighted by Gasteiger charge is -2.26. The van der Waals surface area contributed by atoms with E-state index in [9.17, 15) is 18.0 Å². The third-order valence-electron chi connectivity index (χ3n) is 4.21. The molecule has 0 aliphatic carbocycles. The van der Waals surface area contributed by atoms with Crippen molar-refractivity contribution in [3.8, 4) is 0 Å². The Kier molecular flexibility index (Phi) is 7.90. The molecule has 2 aromatic carbocycles. The molecule has 0 aliphatic rings. The molecular formula is C21H24F3N3OS. The van der Waals surface area contributed by atoms with Crippen molar-refractivity contribution < 1.29 is 18.0 Å². The molecule has 1 atom stereocenters. The number of nitrogens with zero attached hydrogens (tertiary/aromatic N) is 1. The second kappa shape index (κ2) is 10.2. The molecule has 0 aromatic heterocycles. The van der Waals surface area contributed by atoms with Gasteiger partial charge in [0, 0.05) is 16.8 Å². The lowest BCUT2D eigenvalue weighted by atomic mass is 10.1. The summed E-state index contributed by atoms with van der Waals surface area (Å²) in [6.45, 7) is 5.43. The summed E-state index contributed by atoms with van der Waals surface area (Å²) in [5, 5.41) is 0. The van der Waals surface area contributed by atoms with Crippen molar-refractivity contribution in [2.75, 3.05) is 10.6 Å². The predicted molar refractivity (Wildman–Crippen MR) is 115 cm³/mol. The van der Waals surface area contributed by atoms with E-state index in [1.807, 2.05) is 34.2 Å². The van der Waals surface area contributed by atoms with Gasteiger partial charge in [0.1, 0.15) is 5.82 Å². The van der Waals surface area contributed by atoms with E-state index in [0.29, 0.717) is 5.56 Å². The molecule has 2 rings (SSSR count). The number of hydrogen-bond donors (Lipinski definition) is 2. The zero-order chi connectivity index (χ0) is 21.6. The second-order valence-corrected chi connectivity index (χ2v) is 8.01. The summed E-state index contributed by atoms with van der Waals surface area (Å²) in [6.07, 6.45) is 0.0116. The number of anilines is 1. The van der Waals surface area contributed by atoms with E-state index in [-0.39, 0.29) is 12.1 Å². The van der Waals surface area contributed by atoms with Crippen molar-refractivity contribution in [1.82, 2.24) is 10.9 Å². The minimum atomic E-state index is -2.82. The molecule has 2 aromatic rings. The van der Waals surface area contributed by atoms with Crippen molar-refractivity contribution >= 4 is 28.1 Å². The van der Waals surface area contributed by atoms with Gasteiger partial charge in [-0.3, -0.25) is 15.6 Å². The number of rotatable bonds is 9. The first kappa shape index (κ1) is 22.5. The van der Waals surface area contributed by atoms with Crippen molar-refractivity contribution in [1.29, 1.82) is 0 Å². The Bertz CT molecular complexity index is 918. The molecule has 0 saturated carbocycles. The van der Waals surface area contributed by atoms with Crippen LogP contribution in [-0.4, -0.2) is 24.5 Å². The first-order chi connectivity index (χ1) is 13.7. The van der Waals surface area contributed by atoms with E-state index in [4.69, 9.17) is 0 Å². The number of hydrazine groups is 1. The fourth-order valence-corrected chi connectivity index (χ4v) is 3.38. The lowest BCUT2D eigenvalue weighted by Crippen LogP contribution is -2.38. The highest BCUT2D eigenvalue weighted by molar-refractivity contribution is 8.14. The molecule has 0 aliphatic heterocycles. The maximum atomic E-state index is 14.6. The number of alkyl halides is 2. The van der Waals surface area contributed by atoms with E-state index in [1.54, 1.807) is 0 Å². The smallest absolute Gasteiger partial charge is 0.279 e. The van der Waals surface area contributed by atoms with Gasteiger partial charge in [-0.25, -0.2) is 13.2 Å². The van der Waals surface area contributed by atoms with E-state index in [2.05, 4.69) is 30.9 Å². The van der Waals surface area contributed by atoms with Gasteiger partial charge in [0.2, 0.25) is 0 Å². The maximum Gasteiger partial charge on any atom is 0.279 e. The van der Waals surface area contributed by atoms with Crippen molar-refractivity contribution in [2.24, 2.45) is 0 Å². The average Bonchev–Trinajstić information content (AvgIpc) is 2.70. The van der Waals surface area contributed by atoms with E-state index >= 15 is 0 Å². The first-order valence-electron chi connectivity index (χ1n) is 8.86. The molecule has 4 nitrogen and oxygen atoms in total. The fraction of sp³-hybridized carbons (Fsp3) is 0.238. The number of carbonyl (C=O) groups excluding carboxylic acids is 1. The lowest BCUT2D eigenvalue weighted by molar-refractivity contribution is 0.0928. The van der Waals surface area contributed by atoms with Crippen LogP contribution in [0.2, 0.25) is 0 Å². The maximum absolute atomic E-state index is 14.6. The fourth-order valence-electron chi connectivity index (χ4n) is 2.55. The SMILES string of the molecule is C=C(NNC(=O)c1ccc(CN(c2cccc(CC)c2)S(=C)C)c(F)c1)C(F)F. The van der Waals surface area contributed by atoms with Crippen molar-refractivity contribution in [3.63, 3.8) is 0 Å². The summed E-state index contributed by atoms with van der Waals surface area (Å²) in [5.41, 5.74) is 5.95. The number of nitrogens with one attached hydrogen (secondary N) is 2. The normalized spacial score (nSPS) is 11.8. The van der Waals surface area contributed by atoms with Crippen LogP contribution in [0.5, 0.6) is 0 Å². The van der Waals surface area contributed by atoms with Gasteiger partial charge in [-0.05, 0) is 42.5 Å². The van der Waals surface area contributed by atoms with Crippen LogP contribution in [0.4, 0.5) is 18.9 Å². The molecule has 0 radical (unpaired) electrons. The number of aryl methyl sites for hydroxylation is 1. The van der Waals surface area contributed by atoms with Gasteiger partial charge in [0.25, 0.3) is 12.3 Å². The Balaban J connectivity index is 2.17. The van der Waals surface area contributed by atoms with Crippen LogP contribution in [0.15, 0.2) is 54.7 Å². The summed E-state index contributed by atoms with van der Waals surface area (Å²) in [5.74, 6) is 2.79. The highest BCUT2D eigenvalue weighted by Crippen LogP contribution is 2.28. The van der Waals surface area contributed by atoms with Crippen molar-refractivity contribution in [2.45, 2.75) is 26.3 Å². The Morgan fingerprint density at radius 2 is 1.93 bits per heavy atom. The van der Waals surface area contributed by atoms with Crippen LogP contribution in [0.3, 0.4) is 0 Å². The van der Waals surface area contributed by atoms with Gasteiger partial charge in [-0.1, -0.05) is 37.6 Å². The third-order valence-corrected chi connectivity index (χ3v) is 5.30. The Morgan fingerprint density at radius 3 is 2.52 bits per heavy atom. The number of hydrogen-bond acceptors (Lipinski definition) is 3. The zero-order valence-corrected chi connectivity index (χ0v) is 17.2. The number of carbonyl (C=O) groups is 1. The number of amides is 1. The Morgan fingerprint density at radius 1 is 1.21 bits per heavy atom. The summed E-state index contributed by atoms with van der Waals surface area (Å²) < 4.78 is 41.4. The summed E-state index contributed by atoms with van der Waals surface area (Å²) >= 11 is 0. The van der Waals surface area contributed by atoms with Crippen LogP contribution in [0.1, 0.15) is 28.4 Å². The van der Waals surface area contributed by atoms with Crippen LogP contribution in [0.25, 0.3) is 0 Å². The topological polar surface area (TPSA) is 44.4 Å². The second-order valence-electron chi connectivity index (χ2n) is 6.37. The standard InChI is InChI=1S/C21H24F3N3OS/c1-5-15-7-6-8-18(11-15)27(29(3)4)13-17-10-9-16(12-19(17)22)21(28)26-25-14(2)20(23)24/h6-12,20,25H,2-3,5,13H2,1,4H3,(H,26,28). The molecule has 0 heterocycles. The molecular weight excluding hydrogens is 399 g/mol. The number of benzene rings is 2. The summed E-state index contributed by atoms with van der Waals surface area (Å²) in [4.78, 5) is 12.0. The van der Waals surface area contributed by atoms with Crippen molar-refractivity contribution in [3.05, 3.63) is 77.2 Å². The largest absolute Gasteiger partial charge is 0.318 e. The van der Waals surface area contributed by atoms with Crippen LogP contribution in [-0.2, 0) is 13.0 Å². The third kappa shape index (κ3) is 6.12. The zero-order valence-electron chi connectivity index (χ0n) is 16.3. The number of allylic oxidation sites excluding steroid dienone is 1. The minimum absolute atomic E-state index is 0.00506. The van der Waals surface area contributed by atoms with E-state index in [0.717, 1.165) is 18.2 Å². The molecule has 29 heavy (non-hydrogen) atoms. The van der Waals surface area contributed by atoms with Gasteiger partial charge in [-0.2, -0.15) is 0 Å². The van der Waals surface area contributed by atoms with Gasteiger partial charge >= 0.3 is 0 Å². The molecule has 1 unspecified atom stereocenters. The predicted octanol–water partition coefficient (Wildman–Crippen LogP) is 4.65. The molecule has 156 valence electrons. The summed E-state index contributed by atoms with van der Waals surface area (Å²) in [7, 11) is -0.404. The minimum Gasteiger partial charge on any atom is -0.318 e.